The number of carbonyl (C=O) groups is 2. The average Bonchev–Trinajstić information content (AvgIpc) is 3.00. The van der Waals surface area contributed by atoms with Gasteiger partial charge in [0.25, 0.3) is 15.9 Å². The Morgan fingerprint density at radius 2 is 1.50 bits per heavy atom. The van der Waals surface area contributed by atoms with Gasteiger partial charge in [-0.25, -0.2) is 13.1 Å². The molecule has 1 aromatic rings. The lowest BCUT2D eigenvalue weighted by Gasteiger charge is -1.98. The molecule has 1 aromatic carbocycles. The van der Waals surface area contributed by atoms with Crippen molar-refractivity contribution in [3.8, 4) is 0 Å². The zero-order valence-electron chi connectivity index (χ0n) is 19.1. The van der Waals surface area contributed by atoms with Crippen molar-refractivity contribution >= 4 is 21.9 Å². The van der Waals surface area contributed by atoms with Gasteiger partial charge in [0.1, 0.15) is 4.90 Å². The maximum atomic E-state index is 11.1. The standard InChI is InChI=1S/C18H32O2.C7H5NO3S/c1-2-3-4-5-6-7-8-9-10-11-12-13-14-15-16-17-18(19)20;9-7-5-3-1-2-4-6(5)12(10,11)8-7/h6-7,9-10H,2-5,8,11-17H2,1H3,(H,19,20);1-4H,(H,8,9). The third kappa shape index (κ3) is 11.8. The number of carboxylic acid groups (broad SMARTS) is 1. The molecule has 6 nitrogen and oxygen atoms in total. The first kappa shape index (κ1) is 27.6. The smallest absolute Gasteiger partial charge is 0.303 e. The highest BCUT2D eigenvalue weighted by Crippen LogP contribution is 2.20. The molecule has 0 radical (unpaired) electrons. The van der Waals surface area contributed by atoms with E-state index in [1.165, 1.54) is 57.1 Å². The van der Waals surface area contributed by atoms with E-state index in [1.54, 1.807) is 12.1 Å². The molecule has 2 N–H and O–H groups in total. The molecule has 2 rings (SSSR count). The number of carbonyl (C=O) groups excluding carboxylic acids is 1. The molecule has 0 saturated heterocycles. The summed E-state index contributed by atoms with van der Waals surface area (Å²) in [5, 5.41) is 8.50. The van der Waals surface area contributed by atoms with Crippen LogP contribution in [0.25, 0.3) is 0 Å². The molecule has 1 amide bonds. The first-order valence-electron chi connectivity index (χ1n) is 11.6. The second-order valence-electron chi connectivity index (χ2n) is 7.81. The Morgan fingerprint density at radius 3 is 2.12 bits per heavy atom. The van der Waals surface area contributed by atoms with E-state index in [-0.39, 0.29) is 10.5 Å². The molecular formula is C25H37NO5S. The molecule has 0 saturated carbocycles. The molecule has 0 aliphatic carbocycles. The normalized spacial score (nSPS) is 14.2. The zero-order chi connectivity index (χ0) is 23.7. The van der Waals surface area contributed by atoms with E-state index in [0.29, 0.717) is 6.42 Å². The van der Waals surface area contributed by atoms with Crippen molar-refractivity contribution in [3.63, 3.8) is 0 Å². The van der Waals surface area contributed by atoms with E-state index >= 15 is 0 Å². The fourth-order valence-electron chi connectivity index (χ4n) is 3.21. The SMILES string of the molecule is CCCCCC=CCC=CCCCCCCCC(=O)O.O=C1NS(=O)(=O)c2ccccc21. The Balaban J connectivity index is 0.000000357. The van der Waals surface area contributed by atoms with E-state index < -0.39 is 21.9 Å². The minimum Gasteiger partial charge on any atom is -0.481 e. The Hall–Kier alpha value is -2.41. The number of sulfonamides is 1. The number of allylic oxidation sites excluding steroid dienone is 4. The fraction of sp³-hybridized carbons (Fsp3) is 0.520. The quantitative estimate of drug-likeness (QED) is 0.260. The van der Waals surface area contributed by atoms with Crippen molar-refractivity contribution in [2.75, 3.05) is 0 Å². The lowest BCUT2D eigenvalue weighted by atomic mass is 10.1. The summed E-state index contributed by atoms with van der Waals surface area (Å²) >= 11 is 0. The Bertz CT molecular complexity index is 859. The molecule has 7 heteroatoms. The Labute approximate surface area is 192 Å². The predicted octanol–water partition coefficient (Wildman–Crippen LogP) is 6.00. The van der Waals surface area contributed by atoms with Gasteiger partial charge in [0.2, 0.25) is 0 Å². The van der Waals surface area contributed by atoms with E-state index in [2.05, 4.69) is 31.2 Å². The van der Waals surface area contributed by atoms with Gasteiger partial charge in [0, 0.05) is 6.42 Å². The summed E-state index contributed by atoms with van der Waals surface area (Å²) in [7, 11) is -3.55. The minimum absolute atomic E-state index is 0.0648. The third-order valence-electron chi connectivity index (χ3n) is 4.99. The van der Waals surface area contributed by atoms with Crippen LogP contribution in [0.4, 0.5) is 0 Å². The van der Waals surface area contributed by atoms with Crippen molar-refractivity contribution in [1.82, 2.24) is 4.72 Å². The van der Waals surface area contributed by atoms with Gasteiger partial charge in [-0.1, -0.05) is 75.5 Å². The van der Waals surface area contributed by atoms with E-state index in [0.717, 1.165) is 25.7 Å². The van der Waals surface area contributed by atoms with E-state index in [9.17, 15) is 18.0 Å². The van der Waals surface area contributed by atoms with Gasteiger partial charge < -0.3 is 5.11 Å². The van der Waals surface area contributed by atoms with Crippen LogP contribution in [0.1, 0.15) is 94.3 Å². The van der Waals surface area contributed by atoms with Crippen LogP contribution in [0.15, 0.2) is 53.5 Å². The molecule has 0 aromatic heterocycles. The van der Waals surface area contributed by atoms with Gasteiger partial charge in [0.05, 0.1) is 5.56 Å². The summed E-state index contributed by atoms with van der Waals surface area (Å²) in [6.07, 6.45) is 22.3. The van der Waals surface area contributed by atoms with Crippen LogP contribution in [0.2, 0.25) is 0 Å². The molecule has 0 atom stereocenters. The van der Waals surface area contributed by atoms with Crippen LogP contribution in [0, 0.1) is 0 Å². The first-order valence-corrected chi connectivity index (χ1v) is 13.0. The number of benzene rings is 1. The van der Waals surface area contributed by atoms with Crippen LogP contribution in [0.3, 0.4) is 0 Å². The summed E-state index contributed by atoms with van der Waals surface area (Å²) < 4.78 is 24.2. The number of carboxylic acids is 1. The molecule has 0 fully saturated rings. The molecule has 1 heterocycles. The van der Waals surface area contributed by atoms with Gasteiger partial charge in [-0.2, -0.15) is 0 Å². The van der Waals surface area contributed by atoms with Crippen molar-refractivity contribution in [3.05, 3.63) is 54.1 Å². The maximum Gasteiger partial charge on any atom is 0.303 e. The number of unbranched alkanes of at least 4 members (excludes halogenated alkanes) is 8. The number of rotatable bonds is 14. The van der Waals surface area contributed by atoms with Gasteiger partial charge in [-0.05, 0) is 50.7 Å². The van der Waals surface area contributed by atoms with Crippen molar-refractivity contribution in [2.45, 2.75) is 88.9 Å². The summed E-state index contributed by atoms with van der Waals surface area (Å²) in [6, 6.07) is 6.09. The van der Waals surface area contributed by atoms with Gasteiger partial charge >= 0.3 is 5.97 Å². The molecule has 1 aliphatic rings. The lowest BCUT2D eigenvalue weighted by molar-refractivity contribution is -0.137. The summed E-state index contributed by atoms with van der Waals surface area (Å²) in [4.78, 5) is 21.4. The van der Waals surface area contributed by atoms with Crippen molar-refractivity contribution in [1.29, 1.82) is 0 Å². The molecule has 0 spiro atoms. The van der Waals surface area contributed by atoms with Crippen LogP contribution in [0.5, 0.6) is 0 Å². The van der Waals surface area contributed by atoms with Crippen molar-refractivity contribution in [2.24, 2.45) is 0 Å². The zero-order valence-corrected chi connectivity index (χ0v) is 19.9. The first-order chi connectivity index (χ1) is 15.4. The molecule has 0 bridgehead atoms. The maximum absolute atomic E-state index is 11.1. The molecule has 0 unspecified atom stereocenters. The number of fused-ring (bicyclic) bond motifs is 1. The predicted molar refractivity (Wildman–Crippen MR) is 128 cm³/mol. The van der Waals surface area contributed by atoms with Crippen molar-refractivity contribution < 1.29 is 23.1 Å². The molecule has 1 aliphatic heterocycles. The average molecular weight is 464 g/mol. The lowest BCUT2D eigenvalue weighted by Crippen LogP contribution is -2.20. The number of amides is 1. The van der Waals surface area contributed by atoms with Crippen LogP contribution in [-0.4, -0.2) is 25.4 Å². The largest absolute Gasteiger partial charge is 0.481 e. The highest BCUT2D eigenvalue weighted by Gasteiger charge is 2.31. The van der Waals surface area contributed by atoms with Gasteiger partial charge in [-0.3, -0.25) is 9.59 Å². The second kappa shape index (κ2) is 16.3. The Morgan fingerprint density at radius 1 is 0.906 bits per heavy atom. The van der Waals surface area contributed by atoms with Crippen LogP contribution < -0.4 is 4.72 Å². The number of hydrogen-bond donors (Lipinski definition) is 2. The number of aliphatic carboxylic acids is 1. The second-order valence-corrected chi connectivity index (χ2v) is 9.46. The molecular weight excluding hydrogens is 426 g/mol. The van der Waals surface area contributed by atoms with Gasteiger partial charge in [-0.15, -0.1) is 0 Å². The summed E-state index contributed by atoms with van der Waals surface area (Å²) in [5.41, 5.74) is 0.220. The van der Waals surface area contributed by atoms with E-state index in [4.69, 9.17) is 5.11 Å². The minimum atomic E-state index is -3.55. The Kier molecular flexibility index (Phi) is 14.0. The summed E-state index contributed by atoms with van der Waals surface area (Å²) in [6.45, 7) is 2.23. The summed E-state index contributed by atoms with van der Waals surface area (Å²) in [5.74, 6) is -1.22. The monoisotopic (exact) mass is 463 g/mol. The molecule has 32 heavy (non-hydrogen) atoms. The molecule has 178 valence electrons. The number of nitrogens with one attached hydrogen (secondary N) is 1. The number of hydrogen-bond acceptors (Lipinski definition) is 4. The topological polar surface area (TPSA) is 101 Å². The highest BCUT2D eigenvalue weighted by molar-refractivity contribution is 7.90. The van der Waals surface area contributed by atoms with Crippen LogP contribution in [-0.2, 0) is 14.8 Å². The van der Waals surface area contributed by atoms with E-state index in [1.807, 2.05) is 4.72 Å². The van der Waals surface area contributed by atoms with Crippen LogP contribution >= 0.6 is 0 Å². The fourth-order valence-corrected chi connectivity index (χ4v) is 4.38. The third-order valence-corrected chi connectivity index (χ3v) is 6.38. The van der Waals surface area contributed by atoms with Gasteiger partial charge in [0.15, 0.2) is 0 Å². The highest BCUT2D eigenvalue weighted by atomic mass is 32.2.